The van der Waals surface area contributed by atoms with Crippen molar-refractivity contribution in [3.05, 3.63) is 47.5 Å². The SMILES string of the molecule is CNC(=O)c1ccc(N)cc1NCc1cnc(C)cn1. The van der Waals surface area contributed by atoms with E-state index in [-0.39, 0.29) is 5.91 Å². The number of nitrogen functional groups attached to an aromatic ring is 1. The Labute approximate surface area is 117 Å². The monoisotopic (exact) mass is 271 g/mol. The van der Waals surface area contributed by atoms with Crippen LogP contribution in [-0.4, -0.2) is 22.9 Å². The summed E-state index contributed by atoms with van der Waals surface area (Å²) in [5, 5.41) is 5.76. The van der Waals surface area contributed by atoms with Crippen molar-refractivity contribution >= 4 is 17.3 Å². The average Bonchev–Trinajstić information content (AvgIpc) is 2.46. The summed E-state index contributed by atoms with van der Waals surface area (Å²) in [7, 11) is 1.59. The quantitative estimate of drug-likeness (QED) is 0.730. The van der Waals surface area contributed by atoms with E-state index < -0.39 is 0 Å². The van der Waals surface area contributed by atoms with Gasteiger partial charge in [0.15, 0.2) is 0 Å². The molecule has 1 aromatic carbocycles. The van der Waals surface area contributed by atoms with Crippen LogP contribution in [0.3, 0.4) is 0 Å². The Morgan fingerprint density at radius 3 is 2.75 bits per heavy atom. The number of aryl methyl sites for hydroxylation is 1. The molecule has 104 valence electrons. The standard InChI is InChI=1S/C14H17N5O/c1-9-6-18-11(7-17-9)8-19-13-5-10(15)3-4-12(13)14(20)16-2/h3-7,19H,8,15H2,1-2H3,(H,16,20). The van der Waals surface area contributed by atoms with E-state index in [2.05, 4.69) is 20.6 Å². The van der Waals surface area contributed by atoms with E-state index in [4.69, 9.17) is 5.73 Å². The van der Waals surface area contributed by atoms with Crippen molar-refractivity contribution in [2.75, 3.05) is 18.1 Å². The Balaban J connectivity index is 2.17. The zero-order valence-electron chi connectivity index (χ0n) is 11.5. The lowest BCUT2D eigenvalue weighted by Gasteiger charge is -2.11. The molecule has 2 rings (SSSR count). The van der Waals surface area contributed by atoms with Crippen LogP contribution in [0.15, 0.2) is 30.6 Å². The van der Waals surface area contributed by atoms with E-state index in [1.807, 2.05) is 6.92 Å². The third-order valence-electron chi connectivity index (χ3n) is 2.81. The number of carbonyl (C=O) groups excluding carboxylic acids is 1. The fraction of sp³-hybridized carbons (Fsp3) is 0.214. The molecule has 20 heavy (non-hydrogen) atoms. The van der Waals surface area contributed by atoms with Crippen LogP contribution in [0, 0.1) is 6.92 Å². The number of nitrogens with one attached hydrogen (secondary N) is 2. The van der Waals surface area contributed by atoms with Crippen molar-refractivity contribution in [1.82, 2.24) is 15.3 Å². The topological polar surface area (TPSA) is 92.9 Å². The van der Waals surface area contributed by atoms with Crippen molar-refractivity contribution < 1.29 is 4.79 Å². The number of rotatable bonds is 4. The van der Waals surface area contributed by atoms with Gasteiger partial charge in [-0.1, -0.05) is 0 Å². The van der Waals surface area contributed by atoms with Gasteiger partial charge in [0, 0.05) is 24.6 Å². The predicted molar refractivity (Wildman–Crippen MR) is 78.3 cm³/mol. The van der Waals surface area contributed by atoms with Crippen LogP contribution in [-0.2, 0) is 6.54 Å². The molecule has 0 radical (unpaired) electrons. The lowest BCUT2D eigenvalue weighted by molar-refractivity contribution is 0.0964. The van der Waals surface area contributed by atoms with Crippen LogP contribution in [0.25, 0.3) is 0 Å². The lowest BCUT2D eigenvalue weighted by atomic mass is 10.1. The van der Waals surface area contributed by atoms with E-state index in [1.54, 1.807) is 37.6 Å². The first-order valence-electron chi connectivity index (χ1n) is 6.23. The first kappa shape index (κ1) is 13.8. The van der Waals surface area contributed by atoms with Crippen LogP contribution >= 0.6 is 0 Å². The summed E-state index contributed by atoms with van der Waals surface area (Å²) in [6.45, 7) is 2.35. The van der Waals surface area contributed by atoms with Crippen molar-refractivity contribution in [1.29, 1.82) is 0 Å². The minimum Gasteiger partial charge on any atom is -0.399 e. The number of nitrogens with two attached hydrogens (primary N) is 1. The molecule has 2 aromatic rings. The zero-order chi connectivity index (χ0) is 14.5. The highest BCUT2D eigenvalue weighted by molar-refractivity contribution is 6.00. The van der Waals surface area contributed by atoms with Gasteiger partial charge < -0.3 is 16.4 Å². The summed E-state index contributed by atoms with van der Waals surface area (Å²) < 4.78 is 0. The summed E-state index contributed by atoms with van der Waals surface area (Å²) in [5.74, 6) is -0.164. The first-order chi connectivity index (χ1) is 9.60. The van der Waals surface area contributed by atoms with Gasteiger partial charge >= 0.3 is 0 Å². The van der Waals surface area contributed by atoms with Gasteiger partial charge in [0.05, 0.1) is 29.7 Å². The Hall–Kier alpha value is -2.63. The number of hydrogen-bond donors (Lipinski definition) is 3. The molecule has 6 nitrogen and oxygen atoms in total. The van der Waals surface area contributed by atoms with Crippen molar-refractivity contribution in [2.24, 2.45) is 0 Å². The third-order valence-corrected chi connectivity index (χ3v) is 2.81. The van der Waals surface area contributed by atoms with Crippen LogP contribution < -0.4 is 16.4 Å². The normalized spacial score (nSPS) is 10.1. The molecule has 0 aliphatic rings. The van der Waals surface area contributed by atoms with Crippen molar-refractivity contribution in [3.63, 3.8) is 0 Å². The smallest absolute Gasteiger partial charge is 0.253 e. The second kappa shape index (κ2) is 6.01. The number of hydrogen-bond acceptors (Lipinski definition) is 5. The zero-order valence-corrected chi connectivity index (χ0v) is 11.5. The molecule has 0 spiro atoms. The highest BCUT2D eigenvalue weighted by Gasteiger charge is 2.10. The first-order valence-corrected chi connectivity index (χ1v) is 6.23. The Morgan fingerprint density at radius 2 is 2.10 bits per heavy atom. The molecular formula is C14H17N5O. The predicted octanol–water partition coefficient (Wildman–Crippen LogP) is 1.34. The molecule has 0 bridgehead atoms. The van der Waals surface area contributed by atoms with Crippen LogP contribution in [0.2, 0.25) is 0 Å². The summed E-state index contributed by atoms with van der Waals surface area (Å²) in [6.07, 6.45) is 3.41. The fourth-order valence-corrected chi connectivity index (χ4v) is 1.74. The molecular weight excluding hydrogens is 254 g/mol. The molecule has 0 saturated heterocycles. The molecule has 0 aliphatic carbocycles. The molecule has 1 aromatic heterocycles. The van der Waals surface area contributed by atoms with Gasteiger partial charge in [0.1, 0.15) is 0 Å². The van der Waals surface area contributed by atoms with E-state index in [0.717, 1.165) is 11.4 Å². The van der Waals surface area contributed by atoms with Gasteiger partial charge in [-0.15, -0.1) is 0 Å². The van der Waals surface area contributed by atoms with E-state index in [1.165, 1.54) is 0 Å². The maximum atomic E-state index is 11.8. The third kappa shape index (κ3) is 3.23. The number of benzene rings is 1. The Bertz CT molecular complexity index is 609. The molecule has 0 unspecified atom stereocenters. The lowest BCUT2D eigenvalue weighted by Crippen LogP contribution is -2.20. The summed E-state index contributed by atoms with van der Waals surface area (Å²) in [4.78, 5) is 20.2. The maximum Gasteiger partial charge on any atom is 0.253 e. The average molecular weight is 271 g/mol. The fourth-order valence-electron chi connectivity index (χ4n) is 1.74. The van der Waals surface area contributed by atoms with Gasteiger partial charge in [0.25, 0.3) is 5.91 Å². The van der Waals surface area contributed by atoms with Crippen LogP contribution in [0.5, 0.6) is 0 Å². The molecule has 6 heteroatoms. The van der Waals surface area contributed by atoms with Crippen LogP contribution in [0.1, 0.15) is 21.7 Å². The number of aromatic nitrogens is 2. The maximum absolute atomic E-state index is 11.8. The summed E-state index contributed by atoms with van der Waals surface area (Å²) in [5.41, 5.74) is 9.22. The van der Waals surface area contributed by atoms with E-state index in [0.29, 0.717) is 23.5 Å². The Kier molecular flexibility index (Phi) is 4.14. The van der Waals surface area contributed by atoms with E-state index >= 15 is 0 Å². The second-order valence-electron chi connectivity index (χ2n) is 4.39. The van der Waals surface area contributed by atoms with Gasteiger partial charge in [-0.25, -0.2) is 0 Å². The molecule has 1 heterocycles. The minimum absolute atomic E-state index is 0.164. The number of carbonyl (C=O) groups is 1. The molecule has 0 saturated carbocycles. The second-order valence-corrected chi connectivity index (χ2v) is 4.39. The number of amides is 1. The largest absolute Gasteiger partial charge is 0.399 e. The molecule has 1 amide bonds. The highest BCUT2D eigenvalue weighted by Crippen LogP contribution is 2.19. The molecule has 4 N–H and O–H groups in total. The number of nitrogens with zero attached hydrogens (tertiary/aromatic N) is 2. The number of anilines is 2. The minimum atomic E-state index is -0.164. The van der Waals surface area contributed by atoms with Gasteiger partial charge in [-0.05, 0) is 25.1 Å². The summed E-state index contributed by atoms with van der Waals surface area (Å²) in [6, 6.07) is 5.12. The van der Waals surface area contributed by atoms with Gasteiger partial charge in [0.2, 0.25) is 0 Å². The molecule has 0 atom stereocenters. The highest BCUT2D eigenvalue weighted by atomic mass is 16.1. The van der Waals surface area contributed by atoms with Crippen molar-refractivity contribution in [2.45, 2.75) is 13.5 Å². The van der Waals surface area contributed by atoms with Gasteiger partial charge in [-0.2, -0.15) is 0 Å². The van der Waals surface area contributed by atoms with Crippen LogP contribution in [0.4, 0.5) is 11.4 Å². The molecule has 0 aliphatic heterocycles. The Morgan fingerprint density at radius 1 is 1.30 bits per heavy atom. The van der Waals surface area contributed by atoms with Gasteiger partial charge in [-0.3, -0.25) is 14.8 Å². The summed E-state index contributed by atoms with van der Waals surface area (Å²) >= 11 is 0. The van der Waals surface area contributed by atoms with Crippen molar-refractivity contribution in [3.8, 4) is 0 Å². The van der Waals surface area contributed by atoms with E-state index in [9.17, 15) is 4.79 Å². The molecule has 0 fully saturated rings.